The summed E-state index contributed by atoms with van der Waals surface area (Å²) in [6.07, 6.45) is 4.73. The number of methoxy groups -OCH3 is 1. The highest BCUT2D eigenvalue weighted by Gasteiger charge is 2.13. The number of piperidine rings is 1. The van der Waals surface area contributed by atoms with Gasteiger partial charge >= 0.3 is 0 Å². The van der Waals surface area contributed by atoms with Crippen LogP contribution in [0, 0.1) is 0 Å². The van der Waals surface area contributed by atoms with E-state index in [9.17, 15) is 4.79 Å². The van der Waals surface area contributed by atoms with Crippen LogP contribution in [0.4, 0.5) is 0 Å². The number of carbonyl (C=O) groups is 1. The van der Waals surface area contributed by atoms with Crippen molar-refractivity contribution in [2.75, 3.05) is 20.3 Å². The van der Waals surface area contributed by atoms with Crippen molar-refractivity contribution in [3.63, 3.8) is 0 Å². The van der Waals surface area contributed by atoms with Crippen LogP contribution in [0.5, 0.6) is 11.5 Å². The molecule has 0 spiro atoms. The number of primary amides is 1. The third-order valence-electron chi connectivity index (χ3n) is 3.58. The summed E-state index contributed by atoms with van der Waals surface area (Å²) in [6.45, 7) is 1.73. The first kappa shape index (κ1) is 14.7. The molecule has 5 heteroatoms. The number of carbonyl (C=O) groups excluding carboxylic acids is 1. The van der Waals surface area contributed by atoms with Crippen LogP contribution in [0.15, 0.2) is 18.2 Å². The highest BCUT2D eigenvalue weighted by Crippen LogP contribution is 2.28. The predicted molar refractivity (Wildman–Crippen MR) is 77.3 cm³/mol. The minimum Gasteiger partial charge on any atom is -0.493 e. The van der Waals surface area contributed by atoms with E-state index in [1.807, 2.05) is 0 Å². The van der Waals surface area contributed by atoms with Gasteiger partial charge in [0.05, 0.1) is 13.7 Å². The van der Waals surface area contributed by atoms with Crippen LogP contribution in [0.25, 0.3) is 0 Å². The standard InChI is InChI=1S/C15H22N2O3/c1-19-14-10-11(15(16)18)5-6-13(14)20-9-7-12-4-2-3-8-17-12/h5-6,10,12,17H,2-4,7-9H2,1H3,(H2,16,18). The number of nitrogens with one attached hydrogen (secondary N) is 1. The van der Waals surface area contributed by atoms with Crippen LogP contribution in [0.1, 0.15) is 36.0 Å². The molecule has 1 heterocycles. The van der Waals surface area contributed by atoms with Gasteiger partial charge in [0, 0.05) is 11.6 Å². The molecule has 0 aliphatic carbocycles. The Morgan fingerprint density at radius 3 is 2.90 bits per heavy atom. The Bertz CT molecular complexity index is 456. The summed E-state index contributed by atoms with van der Waals surface area (Å²) in [5.41, 5.74) is 5.66. The molecule has 1 aliphatic heterocycles. The van der Waals surface area contributed by atoms with E-state index in [4.69, 9.17) is 15.2 Å². The molecule has 0 saturated carbocycles. The van der Waals surface area contributed by atoms with Crippen molar-refractivity contribution in [3.8, 4) is 11.5 Å². The van der Waals surface area contributed by atoms with E-state index in [0.717, 1.165) is 13.0 Å². The van der Waals surface area contributed by atoms with Gasteiger partial charge in [0.2, 0.25) is 5.91 Å². The second-order valence-corrected chi connectivity index (χ2v) is 5.01. The van der Waals surface area contributed by atoms with Gasteiger partial charge in [0.25, 0.3) is 0 Å². The molecule has 1 aromatic rings. The second-order valence-electron chi connectivity index (χ2n) is 5.01. The average molecular weight is 278 g/mol. The molecule has 1 amide bonds. The Hall–Kier alpha value is -1.75. The Morgan fingerprint density at radius 2 is 2.25 bits per heavy atom. The second kappa shape index (κ2) is 7.14. The van der Waals surface area contributed by atoms with Gasteiger partial charge in [-0.25, -0.2) is 0 Å². The minimum absolute atomic E-state index is 0.420. The first-order valence-electron chi connectivity index (χ1n) is 7.04. The molecule has 0 radical (unpaired) electrons. The van der Waals surface area contributed by atoms with Crippen LogP contribution in [0.2, 0.25) is 0 Å². The molecule has 1 aromatic carbocycles. The van der Waals surface area contributed by atoms with Crippen LogP contribution in [-0.4, -0.2) is 32.2 Å². The largest absolute Gasteiger partial charge is 0.493 e. The number of hydrogen-bond acceptors (Lipinski definition) is 4. The molecule has 5 nitrogen and oxygen atoms in total. The van der Waals surface area contributed by atoms with Gasteiger partial charge in [-0.05, 0) is 44.0 Å². The molecule has 0 aromatic heterocycles. The Balaban J connectivity index is 1.89. The highest BCUT2D eigenvalue weighted by molar-refractivity contribution is 5.93. The lowest BCUT2D eigenvalue weighted by Crippen LogP contribution is -2.35. The minimum atomic E-state index is -0.471. The van der Waals surface area contributed by atoms with E-state index in [2.05, 4.69) is 5.32 Å². The summed E-state index contributed by atoms with van der Waals surface area (Å²) in [4.78, 5) is 11.1. The van der Waals surface area contributed by atoms with Crippen molar-refractivity contribution in [3.05, 3.63) is 23.8 Å². The fraction of sp³-hybridized carbons (Fsp3) is 0.533. The molecule has 0 bridgehead atoms. The van der Waals surface area contributed by atoms with Crippen molar-refractivity contribution >= 4 is 5.91 Å². The van der Waals surface area contributed by atoms with Crippen LogP contribution < -0.4 is 20.5 Å². The number of rotatable bonds is 6. The number of amides is 1. The molecule has 1 atom stereocenters. The summed E-state index contributed by atoms with van der Waals surface area (Å²) < 4.78 is 11.0. The summed E-state index contributed by atoms with van der Waals surface area (Å²) in [6, 6.07) is 5.53. The molecule has 1 aliphatic rings. The van der Waals surface area contributed by atoms with E-state index >= 15 is 0 Å². The van der Waals surface area contributed by atoms with Crippen molar-refractivity contribution in [2.24, 2.45) is 5.73 Å². The number of ether oxygens (including phenoxy) is 2. The molecule has 20 heavy (non-hydrogen) atoms. The lowest BCUT2D eigenvalue weighted by atomic mass is 10.0. The van der Waals surface area contributed by atoms with Gasteiger partial charge in [0.15, 0.2) is 11.5 Å². The Labute approximate surface area is 119 Å². The van der Waals surface area contributed by atoms with Crippen LogP contribution in [0.3, 0.4) is 0 Å². The number of hydrogen-bond donors (Lipinski definition) is 2. The summed E-state index contributed by atoms with van der Waals surface area (Å²) >= 11 is 0. The van der Waals surface area contributed by atoms with Crippen LogP contribution in [-0.2, 0) is 0 Å². The highest BCUT2D eigenvalue weighted by atomic mass is 16.5. The molecule has 1 saturated heterocycles. The summed E-state index contributed by atoms with van der Waals surface area (Å²) in [5, 5.41) is 3.49. The van der Waals surface area contributed by atoms with Gasteiger partial charge in [0.1, 0.15) is 0 Å². The van der Waals surface area contributed by atoms with Gasteiger partial charge in [-0.1, -0.05) is 6.42 Å². The zero-order valence-electron chi connectivity index (χ0n) is 11.9. The SMILES string of the molecule is COc1cc(C(N)=O)ccc1OCCC1CCCCN1. The third kappa shape index (κ3) is 3.87. The third-order valence-corrected chi connectivity index (χ3v) is 3.58. The van der Waals surface area contributed by atoms with Crippen molar-refractivity contribution in [1.82, 2.24) is 5.32 Å². The van der Waals surface area contributed by atoms with Crippen molar-refractivity contribution in [2.45, 2.75) is 31.7 Å². The summed E-state index contributed by atoms with van der Waals surface area (Å²) in [7, 11) is 1.55. The maximum Gasteiger partial charge on any atom is 0.248 e. The molecular formula is C15H22N2O3. The first-order valence-corrected chi connectivity index (χ1v) is 7.04. The molecule has 2 rings (SSSR count). The Kier molecular flexibility index (Phi) is 5.24. The van der Waals surface area contributed by atoms with Crippen molar-refractivity contribution < 1.29 is 14.3 Å². The summed E-state index contributed by atoms with van der Waals surface area (Å²) in [5.74, 6) is 0.715. The topological polar surface area (TPSA) is 73.6 Å². The fourth-order valence-corrected chi connectivity index (χ4v) is 2.42. The maximum atomic E-state index is 11.1. The Morgan fingerprint density at radius 1 is 1.40 bits per heavy atom. The monoisotopic (exact) mass is 278 g/mol. The molecule has 110 valence electrons. The first-order chi connectivity index (χ1) is 9.70. The zero-order chi connectivity index (χ0) is 14.4. The van der Waals surface area contributed by atoms with Crippen LogP contribution >= 0.6 is 0 Å². The normalized spacial score (nSPS) is 18.6. The zero-order valence-corrected chi connectivity index (χ0v) is 11.9. The fourth-order valence-electron chi connectivity index (χ4n) is 2.42. The van der Waals surface area contributed by atoms with Crippen molar-refractivity contribution in [1.29, 1.82) is 0 Å². The lowest BCUT2D eigenvalue weighted by Gasteiger charge is -2.23. The number of nitrogens with two attached hydrogens (primary N) is 1. The lowest BCUT2D eigenvalue weighted by molar-refractivity contribution is 0.1000. The van der Waals surface area contributed by atoms with Gasteiger partial charge in [-0.2, -0.15) is 0 Å². The van der Waals surface area contributed by atoms with E-state index in [-0.39, 0.29) is 0 Å². The molecule has 1 fully saturated rings. The van der Waals surface area contributed by atoms with Gasteiger partial charge in [-0.3, -0.25) is 4.79 Å². The number of benzene rings is 1. The average Bonchev–Trinajstić information content (AvgIpc) is 2.48. The smallest absolute Gasteiger partial charge is 0.248 e. The van der Waals surface area contributed by atoms with E-state index < -0.39 is 5.91 Å². The predicted octanol–water partition coefficient (Wildman–Crippen LogP) is 1.71. The van der Waals surface area contributed by atoms with Gasteiger partial charge < -0.3 is 20.5 Å². The van der Waals surface area contributed by atoms with E-state index in [1.54, 1.807) is 25.3 Å². The quantitative estimate of drug-likeness (QED) is 0.830. The molecular weight excluding hydrogens is 256 g/mol. The van der Waals surface area contributed by atoms with E-state index in [1.165, 1.54) is 19.3 Å². The van der Waals surface area contributed by atoms with E-state index in [0.29, 0.717) is 29.7 Å². The molecule has 3 N–H and O–H groups in total. The van der Waals surface area contributed by atoms with Gasteiger partial charge in [-0.15, -0.1) is 0 Å². The molecule has 1 unspecified atom stereocenters. The maximum absolute atomic E-state index is 11.1.